The fraction of sp³-hybridized carbons (Fsp3) is 0.500. The lowest BCUT2D eigenvalue weighted by molar-refractivity contribution is -0.137. The number of hydrogen-bond acceptors (Lipinski definition) is 3. The summed E-state index contributed by atoms with van der Waals surface area (Å²) in [6.45, 7) is 1.79. The minimum atomic E-state index is -4.58. The van der Waals surface area contributed by atoms with E-state index in [0.29, 0.717) is 0 Å². The first kappa shape index (κ1) is 17.1. The van der Waals surface area contributed by atoms with E-state index in [2.05, 4.69) is 0 Å². The lowest BCUT2D eigenvalue weighted by Crippen LogP contribution is -2.52. The van der Waals surface area contributed by atoms with Crippen molar-refractivity contribution in [3.8, 4) is 0 Å². The van der Waals surface area contributed by atoms with Gasteiger partial charge in [0.05, 0.1) is 30.9 Å². The third-order valence-corrected chi connectivity index (χ3v) is 3.66. The molecule has 1 fully saturated rings. The Balaban J connectivity index is 2.30. The predicted octanol–water partition coefficient (Wildman–Crippen LogP) is 2.58. The third-order valence-electron chi connectivity index (χ3n) is 3.44. The second-order valence-corrected chi connectivity index (χ2v) is 5.61. The molecule has 2 rings (SSSR count). The molecule has 0 bridgehead atoms. The molecule has 0 aromatic heterocycles. The summed E-state index contributed by atoms with van der Waals surface area (Å²) >= 11 is 5.70. The standard InChI is InChI=1S/C14H15ClF3NO3/c1-8-7-22-12(6-20)5-19(8)13(21)9-2-10(14(16,17)18)4-11(15)3-9/h2-4,8,12,20H,5-7H2,1H3/t8-,12-/m0/s1. The number of carbonyl (C=O) groups excluding carboxylic acids is 1. The van der Waals surface area contributed by atoms with Crippen LogP contribution < -0.4 is 0 Å². The monoisotopic (exact) mass is 337 g/mol. The van der Waals surface area contributed by atoms with Gasteiger partial charge >= 0.3 is 6.18 Å². The van der Waals surface area contributed by atoms with Crippen LogP contribution in [0.15, 0.2) is 18.2 Å². The van der Waals surface area contributed by atoms with Crippen molar-refractivity contribution < 1.29 is 27.8 Å². The predicted molar refractivity (Wildman–Crippen MR) is 73.8 cm³/mol. The molecule has 1 N–H and O–H groups in total. The van der Waals surface area contributed by atoms with Gasteiger partial charge in [0.25, 0.3) is 5.91 Å². The molecule has 0 aliphatic carbocycles. The number of hydrogen-bond donors (Lipinski definition) is 1. The largest absolute Gasteiger partial charge is 0.416 e. The summed E-state index contributed by atoms with van der Waals surface area (Å²) in [5, 5.41) is 8.95. The van der Waals surface area contributed by atoms with Gasteiger partial charge in [-0.15, -0.1) is 0 Å². The van der Waals surface area contributed by atoms with Crippen molar-refractivity contribution in [3.63, 3.8) is 0 Å². The molecule has 1 saturated heterocycles. The summed E-state index contributed by atoms with van der Waals surface area (Å²) in [6, 6.07) is 2.46. The maximum Gasteiger partial charge on any atom is 0.416 e. The molecule has 1 aromatic rings. The molecule has 0 saturated carbocycles. The van der Waals surface area contributed by atoms with Gasteiger partial charge < -0.3 is 14.7 Å². The van der Waals surface area contributed by atoms with Crippen molar-refractivity contribution in [1.29, 1.82) is 0 Å². The van der Waals surface area contributed by atoms with Crippen LogP contribution in [0.4, 0.5) is 13.2 Å². The van der Waals surface area contributed by atoms with Gasteiger partial charge in [-0.2, -0.15) is 13.2 Å². The minimum absolute atomic E-state index is 0.115. The molecule has 122 valence electrons. The topological polar surface area (TPSA) is 49.8 Å². The zero-order chi connectivity index (χ0) is 16.5. The lowest BCUT2D eigenvalue weighted by Gasteiger charge is -2.37. The third kappa shape index (κ3) is 3.71. The van der Waals surface area contributed by atoms with Gasteiger partial charge in [0.15, 0.2) is 0 Å². The normalized spacial score (nSPS) is 22.7. The zero-order valence-electron chi connectivity index (χ0n) is 11.7. The molecule has 2 atom stereocenters. The highest BCUT2D eigenvalue weighted by Gasteiger charge is 2.34. The Morgan fingerprint density at radius 2 is 2.14 bits per heavy atom. The van der Waals surface area contributed by atoms with E-state index in [9.17, 15) is 18.0 Å². The van der Waals surface area contributed by atoms with Crippen LogP contribution in [0.3, 0.4) is 0 Å². The van der Waals surface area contributed by atoms with Gasteiger partial charge in [0.2, 0.25) is 0 Å². The van der Waals surface area contributed by atoms with Crippen LogP contribution in [0.5, 0.6) is 0 Å². The Kier molecular flexibility index (Phi) is 4.99. The maximum atomic E-state index is 12.8. The zero-order valence-corrected chi connectivity index (χ0v) is 12.5. The fourth-order valence-electron chi connectivity index (χ4n) is 2.25. The first-order valence-corrected chi connectivity index (χ1v) is 7.01. The Hall–Kier alpha value is -1.31. The minimum Gasteiger partial charge on any atom is -0.394 e. The average Bonchev–Trinajstić information content (AvgIpc) is 2.45. The lowest BCUT2D eigenvalue weighted by atomic mass is 10.1. The first-order valence-electron chi connectivity index (χ1n) is 6.63. The molecule has 1 aliphatic rings. The summed E-state index contributed by atoms with van der Waals surface area (Å²) in [5.74, 6) is -0.567. The van der Waals surface area contributed by atoms with E-state index in [1.165, 1.54) is 11.0 Å². The van der Waals surface area contributed by atoms with Crippen molar-refractivity contribution >= 4 is 17.5 Å². The van der Waals surface area contributed by atoms with Crippen molar-refractivity contribution in [2.45, 2.75) is 25.2 Å². The molecular weight excluding hydrogens is 323 g/mol. The highest BCUT2D eigenvalue weighted by molar-refractivity contribution is 6.31. The van der Waals surface area contributed by atoms with Gasteiger partial charge in [0.1, 0.15) is 0 Å². The number of alkyl halides is 3. The van der Waals surface area contributed by atoms with Crippen LogP contribution in [0, 0.1) is 0 Å². The van der Waals surface area contributed by atoms with Gasteiger partial charge in [-0.1, -0.05) is 11.6 Å². The Morgan fingerprint density at radius 3 is 2.73 bits per heavy atom. The van der Waals surface area contributed by atoms with Crippen LogP contribution in [0.2, 0.25) is 5.02 Å². The van der Waals surface area contributed by atoms with Gasteiger partial charge in [0, 0.05) is 17.1 Å². The van der Waals surface area contributed by atoms with Crippen LogP contribution in [-0.2, 0) is 10.9 Å². The van der Waals surface area contributed by atoms with Crippen molar-refractivity contribution in [3.05, 3.63) is 34.3 Å². The number of benzene rings is 1. The van der Waals surface area contributed by atoms with Crippen LogP contribution in [0.1, 0.15) is 22.8 Å². The molecule has 0 spiro atoms. The highest BCUT2D eigenvalue weighted by Crippen LogP contribution is 2.32. The van der Waals surface area contributed by atoms with Crippen LogP contribution in [0.25, 0.3) is 0 Å². The van der Waals surface area contributed by atoms with Gasteiger partial charge in [-0.05, 0) is 25.1 Å². The van der Waals surface area contributed by atoms with Gasteiger partial charge in [-0.3, -0.25) is 4.79 Å². The summed E-state index contributed by atoms with van der Waals surface area (Å²) in [7, 11) is 0. The molecule has 0 radical (unpaired) electrons. The fourth-order valence-corrected chi connectivity index (χ4v) is 2.49. The smallest absolute Gasteiger partial charge is 0.394 e. The average molecular weight is 338 g/mol. The molecule has 1 amide bonds. The number of amides is 1. The molecule has 22 heavy (non-hydrogen) atoms. The molecule has 1 heterocycles. The second-order valence-electron chi connectivity index (χ2n) is 5.17. The van der Waals surface area contributed by atoms with E-state index in [-0.39, 0.29) is 36.4 Å². The second kappa shape index (κ2) is 6.44. The number of rotatable bonds is 2. The van der Waals surface area contributed by atoms with Crippen LogP contribution in [-0.4, -0.2) is 47.8 Å². The van der Waals surface area contributed by atoms with E-state index in [4.69, 9.17) is 21.4 Å². The molecule has 1 aliphatic heterocycles. The van der Waals surface area contributed by atoms with Gasteiger partial charge in [-0.25, -0.2) is 0 Å². The van der Waals surface area contributed by atoms with E-state index in [1.807, 2.05) is 0 Å². The Labute approximate surface area is 130 Å². The number of aliphatic hydroxyl groups excluding tert-OH is 1. The van der Waals surface area contributed by atoms with Crippen LogP contribution >= 0.6 is 11.6 Å². The summed E-state index contributed by atoms with van der Waals surface area (Å²) in [5.41, 5.74) is -1.10. The number of carbonyl (C=O) groups is 1. The number of morpholine rings is 1. The van der Waals surface area contributed by atoms with Crippen molar-refractivity contribution in [2.24, 2.45) is 0 Å². The summed E-state index contributed by atoms with van der Waals surface area (Å²) in [6.07, 6.45) is -5.12. The molecule has 1 aromatic carbocycles. The quantitative estimate of drug-likeness (QED) is 0.902. The van der Waals surface area contributed by atoms with E-state index < -0.39 is 23.8 Å². The highest BCUT2D eigenvalue weighted by atomic mass is 35.5. The first-order chi connectivity index (χ1) is 10.2. The Bertz CT molecular complexity index is 565. The number of ether oxygens (including phenoxy) is 1. The number of aliphatic hydroxyl groups is 1. The molecule has 8 heteroatoms. The van der Waals surface area contributed by atoms with Crippen molar-refractivity contribution in [1.82, 2.24) is 4.90 Å². The number of nitrogens with zero attached hydrogens (tertiary/aromatic N) is 1. The molecule has 4 nitrogen and oxygen atoms in total. The summed E-state index contributed by atoms with van der Waals surface area (Å²) < 4.78 is 43.7. The summed E-state index contributed by atoms with van der Waals surface area (Å²) in [4.78, 5) is 13.9. The van der Waals surface area contributed by atoms with Crippen molar-refractivity contribution in [2.75, 3.05) is 19.8 Å². The van der Waals surface area contributed by atoms with E-state index in [1.54, 1.807) is 6.92 Å². The molecule has 0 unspecified atom stereocenters. The maximum absolute atomic E-state index is 12.8. The number of halogens is 4. The van der Waals surface area contributed by atoms with E-state index >= 15 is 0 Å². The molecular formula is C14H15ClF3NO3. The van der Waals surface area contributed by atoms with E-state index in [0.717, 1.165) is 12.1 Å². The Morgan fingerprint density at radius 1 is 1.45 bits per heavy atom. The SMILES string of the molecule is C[C@H]1CO[C@H](CO)CN1C(=O)c1cc(Cl)cc(C(F)(F)F)c1.